The van der Waals surface area contributed by atoms with E-state index in [1.807, 2.05) is 37.3 Å². The van der Waals surface area contributed by atoms with Gasteiger partial charge < -0.3 is 24.9 Å². The molecule has 0 spiro atoms. The van der Waals surface area contributed by atoms with Gasteiger partial charge in [0.05, 0.1) is 23.3 Å². The molecule has 0 saturated carbocycles. The number of nitrogens with zero attached hydrogens (tertiary/aromatic N) is 1. The molecule has 22 heavy (non-hydrogen) atoms. The minimum Gasteiger partial charge on any atom is -0.492 e. The predicted octanol–water partition coefficient (Wildman–Crippen LogP) is 2.94. The fraction of sp³-hybridized carbons (Fsp3) is 0.188. The van der Waals surface area contributed by atoms with Gasteiger partial charge in [-0.15, -0.1) is 0 Å². The summed E-state index contributed by atoms with van der Waals surface area (Å²) in [5, 5.41) is 0. The van der Waals surface area contributed by atoms with Crippen molar-refractivity contribution in [3.8, 4) is 28.6 Å². The van der Waals surface area contributed by atoms with Gasteiger partial charge in [0.25, 0.3) is 0 Å². The minimum atomic E-state index is 0.254. The summed E-state index contributed by atoms with van der Waals surface area (Å²) >= 11 is 0. The Hall–Kier alpha value is -2.89. The van der Waals surface area contributed by atoms with Gasteiger partial charge in [-0.25, -0.2) is 4.98 Å². The summed E-state index contributed by atoms with van der Waals surface area (Å²) in [6.07, 6.45) is 0. The molecule has 0 unspecified atom stereocenters. The molecule has 2 aromatic carbocycles. The Morgan fingerprint density at radius 1 is 1.23 bits per heavy atom. The highest BCUT2D eigenvalue weighted by atomic mass is 16.7. The molecule has 1 aliphatic rings. The number of hydrogen-bond acceptors (Lipinski definition) is 5. The Kier molecular flexibility index (Phi) is 2.82. The molecule has 0 fully saturated rings. The molecule has 0 aliphatic carbocycles. The van der Waals surface area contributed by atoms with Gasteiger partial charge in [-0.1, -0.05) is 0 Å². The molecule has 1 aliphatic heterocycles. The average molecular weight is 297 g/mol. The molecule has 3 aromatic rings. The Bertz CT molecular complexity index is 816. The van der Waals surface area contributed by atoms with Gasteiger partial charge in [0.1, 0.15) is 11.6 Å². The van der Waals surface area contributed by atoms with Crippen LogP contribution in [-0.2, 0) is 0 Å². The highest BCUT2D eigenvalue weighted by Gasteiger charge is 2.16. The van der Waals surface area contributed by atoms with Crippen LogP contribution in [0.15, 0.2) is 30.3 Å². The molecule has 6 heteroatoms. The van der Waals surface area contributed by atoms with Gasteiger partial charge in [-0.2, -0.15) is 0 Å². The number of fused-ring (bicyclic) bond motifs is 2. The zero-order valence-corrected chi connectivity index (χ0v) is 12.1. The van der Waals surface area contributed by atoms with Crippen LogP contribution in [0.1, 0.15) is 6.92 Å². The standard InChI is InChI=1S/C16H15N3O3/c1-2-20-13-4-3-9(5-10(13)17)16-18-11-6-14-15(22-8-21-14)7-12(11)19-16/h3-7H,2,8,17H2,1H3,(H,18,19). The second kappa shape index (κ2) is 4.84. The molecule has 0 bridgehead atoms. The largest absolute Gasteiger partial charge is 0.492 e. The Balaban J connectivity index is 1.76. The zero-order valence-electron chi connectivity index (χ0n) is 12.1. The van der Waals surface area contributed by atoms with E-state index >= 15 is 0 Å². The molecule has 0 atom stereocenters. The molecule has 0 amide bonds. The summed E-state index contributed by atoms with van der Waals surface area (Å²) in [4.78, 5) is 7.87. The Morgan fingerprint density at radius 3 is 2.82 bits per heavy atom. The average Bonchev–Trinajstić information content (AvgIpc) is 3.12. The number of nitrogens with two attached hydrogens (primary N) is 1. The summed E-state index contributed by atoms with van der Waals surface area (Å²) in [5.74, 6) is 2.88. The number of aromatic amines is 1. The monoisotopic (exact) mass is 297 g/mol. The first kappa shape index (κ1) is 12.8. The molecule has 0 radical (unpaired) electrons. The van der Waals surface area contributed by atoms with Crippen molar-refractivity contribution in [3.05, 3.63) is 30.3 Å². The van der Waals surface area contributed by atoms with E-state index in [1.165, 1.54) is 0 Å². The molecule has 2 heterocycles. The molecule has 1 aromatic heterocycles. The second-order valence-corrected chi connectivity index (χ2v) is 4.99. The smallest absolute Gasteiger partial charge is 0.231 e. The quantitative estimate of drug-likeness (QED) is 0.726. The fourth-order valence-electron chi connectivity index (χ4n) is 2.52. The highest BCUT2D eigenvalue weighted by molar-refractivity contribution is 5.83. The van der Waals surface area contributed by atoms with Crippen LogP contribution in [0.25, 0.3) is 22.4 Å². The van der Waals surface area contributed by atoms with Crippen LogP contribution in [0.4, 0.5) is 5.69 Å². The maximum atomic E-state index is 6.01. The van der Waals surface area contributed by atoms with E-state index in [2.05, 4.69) is 9.97 Å². The summed E-state index contributed by atoms with van der Waals surface area (Å²) in [6, 6.07) is 9.40. The van der Waals surface area contributed by atoms with E-state index < -0.39 is 0 Å². The van der Waals surface area contributed by atoms with Gasteiger partial charge in [0.2, 0.25) is 6.79 Å². The maximum Gasteiger partial charge on any atom is 0.231 e. The van der Waals surface area contributed by atoms with Crippen molar-refractivity contribution in [2.45, 2.75) is 6.92 Å². The lowest BCUT2D eigenvalue weighted by atomic mass is 10.2. The molecule has 3 N–H and O–H groups in total. The third-order valence-corrected chi connectivity index (χ3v) is 3.56. The van der Waals surface area contributed by atoms with Gasteiger partial charge in [-0.05, 0) is 25.1 Å². The number of rotatable bonds is 3. The predicted molar refractivity (Wildman–Crippen MR) is 83.2 cm³/mol. The second-order valence-electron chi connectivity index (χ2n) is 4.99. The van der Waals surface area contributed by atoms with Crippen LogP contribution in [0, 0.1) is 0 Å². The molecule has 4 rings (SSSR count). The van der Waals surface area contributed by atoms with Crippen LogP contribution >= 0.6 is 0 Å². The molecule has 0 saturated heterocycles. The number of benzene rings is 2. The number of ether oxygens (including phenoxy) is 3. The number of hydrogen-bond donors (Lipinski definition) is 2. The van der Waals surface area contributed by atoms with Crippen molar-refractivity contribution in [2.75, 3.05) is 19.1 Å². The van der Waals surface area contributed by atoms with Crippen molar-refractivity contribution in [2.24, 2.45) is 0 Å². The highest BCUT2D eigenvalue weighted by Crippen LogP contribution is 2.36. The van der Waals surface area contributed by atoms with Crippen LogP contribution in [-0.4, -0.2) is 23.4 Å². The Labute approximate surface area is 126 Å². The minimum absolute atomic E-state index is 0.254. The molecular weight excluding hydrogens is 282 g/mol. The van der Waals surface area contributed by atoms with E-state index in [9.17, 15) is 0 Å². The lowest BCUT2D eigenvalue weighted by Crippen LogP contribution is -1.97. The van der Waals surface area contributed by atoms with Crippen molar-refractivity contribution >= 4 is 16.7 Å². The summed E-state index contributed by atoms with van der Waals surface area (Å²) in [5.41, 5.74) is 9.23. The number of imidazole rings is 1. The third-order valence-electron chi connectivity index (χ3n) is 3.56. The lowest BCUT2D eigenvalue weighted by Gasteiger charge is -2.07. The zero-order chi connectivity index (χ0) is 15.1. The number of aromatic nitrogens is 2. The first-order chi connectivity index (χ1) is 10.7. The van der Waals surface area contributed by atoms with Gasteiger partial charge in [-0.3, -0.25) is 0 Å². The van der Waals surface area contributed by atoms with E-state index in [0.29, 0.717) is 18.0 Å². The van der Waals surface area contributed by atoms with E-state index in [-0.39, 0.29) is 6.79 Å². The molecule has 6 nitrogen and oxygen atoms in total. The van der Waals surface area contributed by atoms with E-state index in [1.54, 1.807) is 0 Å². The topological polar surface area (TPSA) is 82.4 Å². The van der Waals surface area contributed by atoms with Crippen LogP contribution in [0.3, 0.4) is 0 Å². The van der Waals surface area contributed by atoms with Gasteiger partial charge in [0.15, 0.2) is 11.5 Å². The summed E-state index contributed by atoms with van der Waals surface area (Å²) in [7, 11) is 0. The van der Waals surface area contributed by atoms with Crippen LogP contribution in [0.5, 0.6) is 17.2 Å². The van der Waals surface area contributed by atoms with Crippen molar-refractivity contribution in [3.63, 3.8) is 0 Å². The third kappa shape index (κ3) is 2.00. The number of nitrogens with one attached hydrogen (secondary N) is 1. The van der Waals surface area contributed by atoms with Crippen molar-refractivity contribution in [1.29, 1.82) is 0 Å². The van der Waals surface area contributed by atoms with E-state index in [0.717, 1.165) is 33.9 Å². The van der Waals surface area contributed by atoms with Crippen LogP contribution < -0.4 is 19.9 Å². The lowest BCUT2D eigenvalue weighted by molar-refractivity contribution is 0.174. The van der Waals surface area contributed by atoms with Crippen LogP contribution in [0.2, 0.25) is 0 Å². The summed E-state index contributed by atoms with van der Waals surface area (Å²) < 4.78 is 16.2. The fourth-order valence-corrected chi connectivity index (χ4v) is 2.52. The Morgan fingerprint density at radius 2 is 2.05 bits per heavy atom. The van der Waals surface area contributed by atoms with E-state index in [4.69, 9.17) is 19.9 Å². The SMILES string of the molecule is CCOc1ccc(-c2nc3cc4c(cc3[nH]2)OCO4)cc1N. The normalized spacial score (nSPS) is 12.8. The number of anilines is 1. The molecular formula is C16H15N3O3. The maximum absolute atomic E-state index is 6.01. The van der Waals surface area contributed by atoms with Crippen molar-refractivity contribution in [1.82, 2.24) is 9.97 Å². The first-order valence-electron chi connectivity index (χ1n) is 7.06. The summed E-state index contributed by atoms with van der Waals surface area (Å²) in [6.45, 7) is 2.76. The van der Waals surface area contributed by atoms with Gasteiger partial charge in [0, 0.05) is 17.7 Å². The van der Waals surface area contributed by atoms with Crippen molar-refractivity contribution < 1.29 is 14.2 Å². The molecule has 112 valence electrons. The number of nitrogen functional groups attached to an aromatic ring is 1. The first-order valence-corrected chi connectivity index (χ1v) is 7.06. The number of H-pyrrole nitrogens is 1. The van der Waals surface area contributed by atoms with Gasteiger partial charge >= 0.3 is 0 Å².